The highest BCUT2D eigenvalue weighted by atomic mass is 35.5. The lowest BCUT2D eigenvalue weighted by Gasteiger charge is -2.45. The van der Waals surface area contributed by atoms with Crippen LogP contribution in [0.5, 0.6) is 5.75 Å². The van der Waals surface area contributed by atoms with E-state index in [1.807, 2.05) is 26.0 Å². The number of aryl methyl sites for hydroxylation is 1. The third-order valence-electron chi connectivity index (χ3n) is 10.3. The third-order valence-corrected chi connectivity index (χ3v) is 12.6. The van der Waals surface area contributed by atoms with Crippen LogP contribution >= 0.6 is 11.6 Å². The van der Waals surface area contributed by atoms with Crippen molar-refractivity contribution in [3.05, 3.63) is 58.1 Å². The number of halogens is 1. The lowest BCUT2D eigenvalue weighted by atomic mass is 9.68. The molecule has 42 heavy (non-hydrogen) atoms. The third kappa shape index (κ3) is 5.67. The van der Waals surface area contributed by atoms with Gasteiger partial charge < -0.3 is 14.7 Å². The first-order valence-electron chi connectivity index (χ1n) is 15.6. The predicted molar refractivity (Wildman–Crippen MR) is 166 cm³/mol. The number of hydrogen-bond acceptors (Lipinski definition) is 6. The number of ether oxygens (including phenoxy) is 1. The van der Waals surface area contributed by atoms with Crippen molar-refractivity contribution in [2.75, 3.05) is 24.6 Å². The van der Waals surface area contributed by atoms with E-state index in [4.69, 9.17) is 16.3 Å². The number of fused-ring (bicyclic) bond motifs is 4. The average molecular weight is 615 g/mol. The predicted octanol–water partition coefficient (Wildman–Crippen LogP) is 5.86. The molecular formula is C33H43ClN2O5S. The molecule has 2 N–H and O–H groups in total. The fourth-order valence-electron chi connectivity index (χ4n) is 7.89. The number of hydrogen-bond donors (Lipinski definition) is 2. The summed E-state index contributed by atoms with van der Waals surface area (Å²) in [6.45, 7) is 5.74. The summed E-state index contributed by atoms with van der Waals surface area (Å²) in [6.07, 6.45) is 7.24. The molecule has 228 valence electrons. The van der Waals surface area contributed by atoms with E-state index in [2.05, 4.69) is 21.8 Å². The standard InChI is InChI=1S/C33H43ClN2O5S/c1-21(2)31-8-4-3-7-29(37)26-12-9-24(26)18-36-19-33(15-5-6-22-16-25(34)11-13-27(22)33)20-41-30-14-10-23(17-28(30)36)32(38)35-42(31,39)40/h10-11,13-14,16-17,21,24,26,29,31,37H,3-9,12,15,18-20H2,1-2H3,(H,35,38)/t24-,26+,29+,31-,33-/m0/s1. The molecule has 2 aliphatic carbocycles. The summed E-state index contributed by atoms with van der Waals surface area (Å²) in [5.74, 6) is 0.505. The zero-order chi connectivity index (χ0) is 29.6. The fourth-order valence-corrected chi connectivity index (χ4v) is 9.81. The van der Waals surface area contributed by atoms with E-state index >= 15 is 0 Å². The minimum Gasteiger partial charge on any atom is -0.490 e. The number of rotatable bonds is 1. The van der Waals surface area contributed by atoms with Gasteiger partial charge in [-0.2, -0.15) is 0 Å². The molecule has 1 saturated carbocycles. The van der Waals surface area contributed by atoms with Crippen molar-refractivity contribution in [2.24, 2.45) is 17.8 Å². The van der Waals surface area contributed by atoms with Gasteiger partial charge in [-0.1, -0.05) is 44.4 Å². The van der Waals surface area contributed by atoms with Crippen LogP contribution in [0, 0.1) is 17.8 Å². The molecule has 1 amide bonds. The van der Waals surface area contributed by atoms with E-state index in [1.165, 1.54) is 11.1 Å². The molecule has 0 radical (unpaired) electrons. The van der Waals surface area contributed by atoms with E-state index in [0.717, 1.165) is 55.8 Å². The highest BCUT2D eigenvalue weighted by Crippen LogP contribution is 2.47. The summed E-state index contributed by atoms with van der Waals surface area (Å²) < 4.78 is 35.7. The summed E-state index contributed by atoms with van der Waals surface area (Å²) in [6, 6.07) is 11.5. The Labute approximate surface area is 255 Å². The highest BCUT2D eigenvalue weighted by molar-refractivity contribution is 7.90. The zero-order valence-corrected chi connectivity index (χ0v) is 26.2. The first kappa shape index (κ1) is 29.8. The van der Waals surface area contributed by atoms with E-state index in [0.29, 0.717) is 49.6 Å². The Balaban J connectivity index is 1.41. The molecule has 2 aromatic carbocycles. The molecule has 2 heterocycles. The van der Waals surface area contributed by atoms with Gasteiger partial charge in [-0.25, -0.2) is 13.1 Å². The first-order chi connectivity index (χ1) is 20.1. The van der Waals surface area contributed by atoms with Crippen LogP contribution in [0.15, 0.2) is 36.4 Å². The Kier molecular flexibility index (Phi) is 8.26. The molecule has 7 nitrogen and oxygen atoms in total. The summed E-state index contributed by atoms with van der Waals surface area (Å²) in [7, 11) is -3.89. The van der Waals surface area contributed by atoms with E-state index in [9.17, 15) is 18.3 Å². The van der Waals surface area contributed by atoms with Gasteiger partial charge >= 0.3 is 0 Å². The molecule has 0 saturated heterocycles. The molecule has 1 fully saturated rings. The number of carbonyl (C=O) groups is 1. The van der Waals surface area contributed by atoms with Crippen molar-refractivity contribution in [2.45, 2.75) is 88.4 Å². The first-order valence-corrected chi connectivity index (χ1v) is 17.5. The van der Waals surface area contributed by atoms with Crippen LogP contribution in [0.4, 0.5) is 5.69 Å². The zero-order valence-electron chi connectivity index (χ0n) is 24.6. The van der Waals surface area contributed by atoms with Gasteiger partial charge in [-0.05, 0) is 104 Å². The fraction of sp³-hybridized carbons (Fsp3) is 0.606. The van der Waals surface area contributed by atoms with Crippen molar-refractivity contribution in [3.8, 4) is 5.75 Å². The lowest BCUT2D eigenvalue weighted by Crippen LogP contribution is -2.49. The maximum Gasteiger partial charge on any atom is 0.264 e. The quantitative estimate of drug-likeness (QED) is 0.418. The SMILES string of the molecule is CC(C)[C@@H]1CCCC[C@@H](O)[C@@H]2CC[C@H]2CN2C[C@@]3(CCCc4cc(Cl)ccc43)COc3ccc(cc32)C(=O)NS1(=O)=O. The Morgan fingerprint density at radius 1 is 1.07 bits per heavy atom. The van der Waals surface area contributed by atoms with Gasteiger partial charge in [0.2, 0.25) is 10.0 Å². The van der Waals surface area contributed by atoms with Gasteiger partial charge in [0.1, 0.15) is 5.75 Å². The van der Waals surface area contributed by atoms with Gasteiger partial charge in [0, 0.05) is 29.1 Å². The second kappa shape index (κ2) is 11.7. The molecule has 5 atom stereocenters. The maximum atomic E-state index is 13.4. The van der Waals surface area contributed by atoms with Gasteiger partial charge in [0.05, 0.1) is 23.6 Å². The van der Waals surface area contributed by atoms with Gasteiger partial charge in [0.15, 0.2) is 0 Å². The number of benzene rings is 2. The number of nitrogens with zero attached hydrogens (tertiary/aromatic N) is 1. The van der Waals surface area contributed by atoms with Crippen molar-refractivity contribution < 1.29 is 23.1 Å². The van der Waals surface area contributed by atoms with Gasteiger partial charge in [0.25, 0.3) is 5.91 Å². The molecule has 6 rings (SSSR count). The Morgan fingerprint density at radius 3 is 2.64 bits per heavy atom. The van der Waals surface area contributed by atoms with E-state index in [-0.39, 0.29) is 17.3 Å². The van der Waals surface area contributed by atoms with Crippen molar-refractivity contribution in [3.63, 3.8) is 0 Å². The number of anilines is 1. The number of carbonyl (C=O) groups excluding carboxylic acids is 1. The second-order valence-corrected chi connectivity index (χ2v) is 15.7. The van der Waals surface area contributed by atoms with Crippen LogP contribution in [0.1, 0.15) is 86.7 Å². The topological polar surface area (TPSA) is 95.9 Å². The molecule has 0 aromatic heterocycles. The molecular weight excluding hydrogens is 572 g/mol. The lowest BCUT2D eigenvalue weighted by molar-refractivity contribution is 0.00901. The summed E-state index contributed by atoms with van der Waals surface area (Å²) in [5.41, 5.74) is 3.40. The minimum absolute atomic E-state index is 0.143. The number of aliphatic hydroxyl groups excluding tert-OH is 1. The molecule has 1 spiro atoms. The van der Waals surface area contributed by atoms with Crippen LogP contribution in [-0.2, 0) is 21.9 Å². The Hall–Kier alpha value is -2.29. The Bertz CT molecular complexity index is 1450. The number of amides is 1. The highest BCUT2D eigenvalue weighted by Gasteiger charge is 2.44. The largest absolute Gasteiger partial charge is 0.490 e. The number of aliphatic hydroxyl groups is 1. The average Bonchev–Trinajstić information content (AvgIpc) is 3.06. The monoisotopic (exact) mass is 614 g/mol. The maximum absolute atomic E-state index is 13.4. The molecule has 0 unspecified atom stereocenters. The minimum atomic E-state index is -3.89. The van der Waals surface area contributed by atoms with E-state index in [1.54, 1.807) is 12.1 Å². The molecule has 2 bridgehead atoms. The van der Waals surface area contributed by atoms with Crippen molar-refractivity contribution in [1.82, 2.24) is 4.72 Å². The van der Waals surface area contributed by atoms with Crippen molar-refractivity contribution >= 4 is 33.2 Å². The van der Waals surface area contributed by atoms with E-state index < -0.39 is 27.3 Å². The van der Waals surface area contributed by atoms with Crippen LogP contribution in [0.2, 0.25) is 5.02 Å². The number of nitrogens with one attached hydrogen (secondary N) is 1. The van der Waals surface area contributed by atoms with Gasteiger partial charge in [-0.15, -0.1) is 0 Å². The molecule has 2 aromatic rings. The van der Waals surface area contributed by atoms with Crippen LogP contribution < -0.4 is 14.4 Å². The normalized spacial score (nSPS) is 31.3. The summed E-state index contributed by atoms with van der Waals surface area (Å²) >= 11 is 6.39. The Morgan fingerprint density at radius 2 is 1.88 bits per heavy atom. The van der Waals surface area contributed by atoms with Crippen LogP contribution in [0.25, 0.3) is 0 Å². The van der Waals surface area contributed by atoms with Crippen LogP contribution in [0.3, 0.4) is 0 Å². The number of sulfonamides is 1. The second-order valence-electron chi connectivity index (χ2n) is 13.4. The molecule has 4 aliphatic rings. The summed E-state index contributed by atoms with van der Waals surface area (Å²) in [5, 5.41) is 11.3. The molecule has 2 aliphatic heterocycles. The van der Waals surface area contributed by atoms with Crippen LogP contribution in [-0.4, -0.2) is 50.5 Å². The smallest absolute Gasteiger partial charge is 0.264 e. The van der Waals surface area contributed by atoms with Crippen molar-refractivity contribution in [1.29, 1.82) is 0 Å². The van der Waals surface area contributed by atoms with Gasteiger partial charge in [-0.3, -0.25) is 4.79 Å². The molecule has 9 heteroatoms. The summed E-state index contributed by atoms with van der Waals surface area (Å²) in [4.78, 5) is 15.8.